The molecule has 0 aromatic heterocycles. The minimum Gasteiger partial charge on any atom is -0.469 e. The van der Waals surface area contributed by atoms with Crippen molar-refractivity contribution < 1.29 is 28.6 Å². The molecule has 0 aromatic carbocycles. The summed E-state index contributed by atoms with van der Waals surface area (Å²) in [6.45, 7) is 20.2. The van der Waals surface area contributed by atoms with Gasteiger partial charge >= 0.3 is 17.9 Å². The van der Waals surface area contributed by atoms with Crippen LogP contribution in [-0.2, 0) is 28.6 Å². The summed E-state index contributed by atoms with van der Waals surface area (Å²) in [5, 5.41) is 0. The molecular weight excluding hydrogens is 396 g/mol. The smallest absolute Gasteiger partial charge is 0.310 e. The Kier molecular flexibility index (Phi) is 9.82. The van der Waals surface area contributed by atoms with E-state index in [-0.39, 0.29) is 17.3 Å². The Morgan fingerprint density at radius 1 is 0.645 bits per heavy atom. The minimum atomic E-state index is -0.709. The van der Waals surface area contributed by atoms with Crippen LogP contribution < -0.4 is 0 Å². The van der Waals surface area contributed by atoms with Crippen LogP contribution in [0.5, 0.6) is 0 Å². The molecule has 0 saturated heterocycles. The second-order valence-electron chi connectivity index (χ2n) is 12.1. The van der Waals surface area contributed by atoms with E-state index in [1.807, 2.05) is 48.5 Å². The highest BCUT2D eigenvalue weighted by atomic mass is 16.5. The largest absolute Gasteiger partial charge is 0.469 e. The number of methoxy groups -OCH3 is 3. The van der Waals surface area contributed by atoms with Crippen molar-refractivity contribution >= 4 is 17.9 Å². The number of hydrogen-bond donors (Lipinski definition) is 0. The van der Waals surface area contributed by atoms with Crippen LogP contribution in [0.2, 0.25) is 0 Å². The van der Waals surface area contributed by atoms with Gasteiger partial charge in [0.1, 0.15) is 0 Å². The van der Waals surface area contributed by atoms with Gasteiger partial charge in [-0.3, -0.25) is 14.4 Å². The predicted octanol–water partition coefficient (Wildman–Crippen LogP) is 5.28. The van der Waals surface area contributed by atoms with Gasteiger partial charge in [0.25, 0.3) is 0 Å². The summed E-state index contributed by atoms with van der Waals surface area (Å²) in [7, 11) is 4.08. The predicted molar refractivity (Wildman–Crippen MR) is 122 cm³/mol. The van der Waals surface area contributed by atoms with Crippen molar-refractivity contribution in [2.45, 2.75) is 82.1 Å². The molecule has 182 valence electrons. The first-order valence-corrected chi connectivity index (χ1v) is 11.0. The summed E-state index contributed by atoms with van der Waals surface area (Å²) < 4.78 is 15.3. The van der Waals surface area contributed by atoms with E-state index in [0.29, 0.717) is 12.8 Å². The SMILES string of the molecule is COC(=O)C(CC(C)(C)C(C)(C)C(CC(C)(C)C)C(=O)OC)C(C(=O)OC)C(C)(C)C. The Morgan fingerprint density at radius 2 is 1.06 bits per heavy atom. The normalized spacial score (nSPS) is 16.2. The molecule has 0 fully saturated rings. The molecule has 3 unspecified atom stereocenters. The highest BCUT2D eigenvalue weighted by Crippen LogP contribution is 2.53. The van der Waals surface area contributed by atoms with Gasteiger partial charge in [-0.05, 0) is 34.5 Å². The van der Waals surface area contributed by atoms with Crippen LogP contribution in [0.1, 0.15) is 82.1 Å². The number of carbonyl (C=O) groups excluding carboxylic acids is 3. The molecule has 0 aliphatic heterocycles. The summed E-state index contributed by atoms with van der Waals surface area (Å²) in [5.41, 5.74) is -1.64. The van der Waals surface area contributed by atoms with Gasteiger partial charge in [0.15, 0.2) is 0 Å². The van der Waals surface area contributed by atoms with Gasteiger partial charge in [0.2, 0.25) is 0 Å². The van der Waals surface area contributed by atoms with Crippen molar-refractivity contribution in [1.29, 1.82) is 0 Å². The van der Waals surface area contributed by atoms with Gasteiger partial charge in [-0.15, -0.1) is 0 Å². The molecule has 0 aromatic rings. The third-order valence-electron chi connectivity index (χ3n) is 6.94. The zero-order chi connectivity index (χ0) is 25.0. The van der Waals surface area contributed by atoms with Crippen molar-refractivity contribution in [2.75, 3.05) is 21.3 Å². The van der Waals surface area contributed by atoms with E-state index < -0.39 is 40.0 Å². The van der Waals surface area contributed by atoms with Crippen LogP contribution in [0, 0.1) is 39.4 Å². The third-order valence-corrected chi connectivity index (χ3v) is 6.94. The zero-order valence-corrected chi connectivity index (χ0v) is 22.1. The molecule has 0 rings (SSSR count). The molecule has 6 nitrogen and oxygen atoms in total. The van der Waals surface area contributed by atoms with Crippen molar-refractivity contribution in [3.8, 4) is 0 Å². The van der Waals surface area contributed by atoms with Crippen molar-refractivity contribution in [2.24, 2.45) is 39.4 Å². The molecule has 0 amide bonds. The number of rotatable bonds is 9. The Balaban J connectivity index is 6.40. The van der Waals surface area contributed by atoms with Gasteiger partial charge in [-0.2, -0.15) is 0 Å². The first-order valence-electron chi connectivity index (χ1n) is 11.0. The van der Waals surface area contributed by atoms with Gasteiger partial charge in [0, 0.05) is 0 Å². The summed E-state index contributed by atoms with van der Waals surface area (Å²) in [6, 6.07) is 0. The zero-order valence-electron chi connectivity index (χ0n) is 22.1. The van der Waals surface area contributed by atoms with E-state index in [1.54, 1.807) is 0 Å². The molecule has 0 saturated carbocycles. The maximum atomic E-state index is 12.9. The third kappa shape index (κ3) is 7.50. The molecule has 31 heavy (non-hydrogen) atoms. The van der Waals surface area contributed by atoms with Gasteiger partial charge in [0.05, 0.1) is 39.1 Å². The van der Waals surface area contributed by atoms with Crippen molar-refractivity contribution in [3.05, 3.63) is 0 Å². The van der Waals surface area contributed by atoms with Crippen molar-refractivity contribution in [3.63, 3.8) is 0 Å². The molecule has 0 radical (unpaired) electrons. The molecular formula is C25H46O6. The van der Waals surface area contributed by atoms with E-state index in [4.69, 9.17) is 14.2 Å². The van der Waals surface area contributed by atoms with Gasteiger partial charge in [-0.1, -0.05) is 69.2 Å². The van der Waals surface area contributed by atoms with E-state index in [0.717, 1.165) is 0 Å². The standard InChI is InChI=1S/C25H46O6/c1-22(2,3)15-17(20(27)30-12)25(9,10)24(7,8)14-16(19(26)29-11)18(21(28)31-13)23(4,5)6/h16-18H,14-15H2,1-13H3. The lowest BCUT2D eigenvalue weighted by molar-refractivity contribution is -0.167. The van der Waals surface area contributed by atoms with Crippen LogP contribution in [-0.4, -0.2) is 39.2 Å². The molecule has 0 N–H and O–H groups in total. The van der Waals surface area contributed by atoms with Crippen LogP contribution in [0.15, 0.2) is 0 Å². The number of hydrogen-bond acceptors (Lipinski definition) is 6. The van der Waals surface area contributed by atoms with E-state index in [2.05, 4.69) is 20.8 Å². The fraction of sp³-hybridized carbons (Fsp3) is 0.880. The first kappa shape index (κ1) is 29.4. The maximum Gasteiger partial charge on any atom is 0.310 e. The van der Waals surface area contributed by atoms with E-state index >= 15 is 0 Å². The Hall–Kier alpha value is -1.59. The number of carbonyl (C=O) groups is 3. The monoisotopic (exact) mass is 442 g/mol. The maximum absolute atomic E-state index is 12.9. The molecule has 0 aliphatic rings. The molecule has 0 aliphatic carbocycles. The van der Waals surface area contributed by atoms with Crippen LogP contribution >= 0.6 is 0 Å². The van der Waals surface area contributed by atoms with Crippen LogP contribution in [0.25, 0.3) is 0 Å². The molecule has 6 heteroatoms. The topological polar surface area (TPSA) is 78.9 Å². The highest BCUT2D eigenvalue weighted by Gasteiger charge is 2.52. The molecule has 0 bridgehead atoms. The van der Waals surface area contributed by atoms with Crippen LogP contribution in [0.4, 0.5) is 0 Å². The van der Waals surface area contributed by atoms with Crippen molar-refractivity contribution in [1.82, 2.24) is 0 Å². The fourth-order valence-electron chi connectivity index (χ4n) is 4.41. The molecule has 0 spiro atoms. The highest BCUT2D eigenvalue weighted by molar-refractivity contribution is 5.82. The lowest BCUT2D eigenvalue weighted by atomic mass is 9.54. The average molecular weight is 443 g/mol. The minimum absolute atomic E-state index is 0.0894. The van der Waals surface area contributed by atoms with E-state index in [1.165, 1.54) is 21.3 Å². The second kappa shape index (κ2) is 10.4. The Labute approximate surface area is 189 Å². The summed E-state index contributed by atoms with van der Waals surface area (Å²) in [5.74, 6) is -2.91. The average Bonchev–Trinajstić information content (AvgIpc) is 2.61. The lowest BCUT2D eigenvalue weighted by Crippen LogP contribution is -2.48. The summed E-state index contributed by atoms with van der Waals surface area (Å²) in [4.78, 5) is 38.4. The summed E-state index contributed by atoms with van der Waals surface area (Å²) >= 11 is 0. The molecule has 3 atom stereocenters. The summed E-state index contributed by atoms with van der Waals surface area (Å²) in [6.07, 6.45) is 1.00. The van der Waals surface area contributed by atoms with E-state index in [9.17, 15) is 14.4 Å². The quantitative estimate of drug-likeness (QED) is 0.357. The first-order chi connectivity index (χ1) is 13.8. The van der Waals surface area contributed by atoms with Gasteiger partial charge < -0.3 is 14.2 Å². The number of ether oxygens (including phenoxy) is 3. The second-order valence-corrected chi connectivity index (χ2v) is 12.1. The number of esters is 3. The molecule has 0 heterocycles. The Bertz CT molecular complexity index is 633. The van der Waals surface area contributed by atoms with Gasteiger partial charge in [-0.25, -0.2) is 0 Å². The fourth-order valence-corrected chi connectivity index (χ4v) is 4.41. The Morgan fingerprint density at radius 3 is 1.39 bits per heavy atom. The lowest BCUT2D eigenvalue weighted by Gasteiger charge is -2.49. The van der Waals surface area contributed by atoms with Crippen LogP contribution in [0.3, 0.4) is 0 Å².